The second kappa shape index (κ2) is 11.9. The Labute approximate surface area is 166 Å². The Morgan fingerprint density at radius 1 is 1.25 bits per heavy atom. The van der Waals surface area contributed by atoms with Crippen LogP contribution < -0.4 is 15.4 Å². The van der Waals surface area contributed by atoms with E-state index in [4.69, 9.17) is 11.6 Å². The Bertz CT molecular complexity index is 624. The lowest BCUT2D eigenvalue weighted by molar-refractivity contribution is 0.580. The van der Waals surface area contributed by atoms with E-state index in [0.717, 1.165) is 6.54 Å². The second-order valence-electron chi connectivity index (χ2n) is 5.40. The first kappa shape index (κ1) is 23.4. The molecule has 1 aromatic rings. The number of benzene rings is 1. The molecule has 0 aromatic heterocycles. The van der Waals surface area contributed by atoms with Gasteiger partial charge in [-0.25, -0.2) is 13.1 Å². The summed E-state index contributed by atoms with van der Waals surface area (Å²) in [4.78, 5) is 4.57. The maximum Gasteiger partial charge on any atom is 0.240 e. The Morgan fingerprint density at radius 2 is 1.96 bits per heavy atom. The van der Waals surface area contributed by atoms with Crippen molar-refractivity contribution < 1.29 is 8.42 Å². The number of halogens is 2. The summed E-state index contributed by atoms with van der Waals surface area (Å²) in [7, 11) is -3.55. The molecule has 0 spiro atoms. The summed E-state index contributed by atoms with van der Waals surface area (Å²) in [5.41, 5.74) is 0. The molecular weight excluding hydrogens is 463 g/mol. The minimum Gasteiger partial charge on any atom is -0.357 e. The number of hydrogen-bond donors (Lipinski definition) is 3. The van der Waals surface area contributed by atoms with E-state index in [2.05, 4.69) is 34.2 Å². The van der Waals surface area contributed by atoms with Gasteiger partial charge in [0.2, 0.25) is 10.0 Å². The van der Waals surface area contributed by atoms with Crippen LogP contribution in [-0.4, -0.2) is 40.6 Å². The van der Waals surface area contributed by atoms with Crippen LogP contribution in [0.4, 0.5) is 0 Å². The normalized spacial score (nSPS) is 12.0. The van der Waals surface area contributed by atoms with E-state index in [-0.39, 0.29) is 35.4 Å². The van der Waals surface area contributed by atoms with E-state index >= 15 is 0 Å². The molecule has 0 amide bonds. The standard InChI is InChI=1S/C15H25ClN4O2S.HI/c1-4-17-15(19-11-12(2)3)18-8-9-20-23(21,22)14-7-5-6-13(16)10-14;/h5-7,10,12,20H,4,8-9,11H2,1-3H3,(H2,17,18,19);1H. The van der Waals surface area contributed by atoms with Crippen molar-refractivity contribution in [2.75, 3.05) is 26.2 Å². The van der Waals surface area contributed by atoms with Crippen molar-refractivity contribution in [3.8, 4) is 0 Å². The lowest BCUT2D eigenvalue weighted by Crippen LogP contribution is -2.41. The van der Waals surface area contributed by atoms with Crippen LogP contribution in [0.25, 0.3) is 0 Å². The first-order chi connectivity index (χ1) is 10.8. The third-order valence-electron chi connectivity index (χ3n) is 2.77. The van der Waals surface area contributed by atoms with Crippen LogP contribution in [0.3, 0.4) is 0 Å². The molecule has 0 atom stereocenters. The van der Waals surface area contributed by atoms with Gasteiger partial charge in [-0.05, 0) is 31.0 Å². The molecule has 3 N–H and O–H groups in total. The highest BCUT2D eigenvalue weighted by Crippen LogP contribution is 2.14. The van der Waals surface area contributed by atoms with Gasteiger partial charge in [0.05, 0.1) is 4.90 Å². The molecule has 6 nitrogen and oxygen atoms in total. The minimum atomic E-state index is -3.55. The van der Waals surface area contributed by atoms with E-state index in [1.807, 2.05) is 6.92 Å². The molecule has 9 heteroatoms. The summed E-state index contributed by atoms with van der Waals surface area (Å²) in [6, 6.07) is 6.17. The van der Waals surface area contributed by atoms with Crippen molar-refractivity contribution in [2.24, 2.45) is 10.9 Å². The largest absolute Gasteiger partial charge is 0.357 e. The van der Waals surface area contributed by atoms with Gasteiger partial charge < -0.3 is 10.6 Å². The van der Waals surface area contributed by atoms with E-state index in [9.17, 15) is 8.42 Å². The van der Waals surface area contributed by atoms with Gasteiger partial charge in [-0.3, -0.25) is 4.99 Å². The fourth-order valence-corrected chi connectivity index (χ4v) is 3.03. The van der Waals surface area contributed by atoms with Gasteiger partial charge >= 0.3 is 0 Å². The van der Waals surface area contributed by atoms with Crippen molar-refractivity contribution in [3.63, 3.8) is 0 Å². The summed E-state index contributed by atoms with van der Waals surface area (Å²) < 4.78 is 26.8. The molecule has 0 radical (unpaired) electrons. The molecule has 1 rings (SSSR count). The Hall–Kier alpha value is -0.580. The first-order valence-corrected chi connectivity index (χ1v) is 9.48. The van der Waals surface area contributed by atoms with Crippen molar-refractivity contribution in [2.45, 2.75) is 25.7 Å². The zero-order valence-electron chi connectivity index (χ0n) is 14.2. The number of guanidine groups is 1. The second-order valence-corrected chi connectivity index (χ2v) is 7.60. The summed E-state index contributed by atoms with van der Waals surface area (Å²) in [5.74, 6) is 1.15. The molecule has 0 saturated heterocycles. The summed E-state index contributed by atoms with van der Waals surface area (Å²) in [6.45, 7) is 8.30. The lowest BCUT2D eigenvalue weighted by atomic mass is 10.2. The van der Waals surface area contributed by atoms with E-state index in [1.165, 1.54) is 12.1 Å². The highest BCUT2D eigenvalue weighted by molar-refractivity contribution is 14.0. The molecule has 138 valence electrons. The number of rotatable bonds is 8. The molecule has 24 heavy (non-hydrogen) atoms. The molecule has 0 saturated carbocycles. The maximum absolute atomic E-state index is 12.1. The molecule has 0 unspecified atom stereocenters. The van der Waals surface area contributed by atoms with Crippen LogP contribution in [0.5, 0.6) is 0 Å². The van der Waals surface area contributed by atoms with Crippen LogP contribution in [-0.2, 0) is 10.0 Å². The summed E-state index contributed by atoms with van der Waals surface area (Å²) in [6.07, 6.45) is 0. The molecule has 0 heterocycles. The van der Waals surface area contributed by atoms with Crippen molar-refractivity contribution >= 4 is 51.6 Å². The predicted octanol–water partition coefficient (Wildman–Crippen LogP) is 2.45. The van der Waals surface area contributed by atoms with Crippen LogP contribution in [0.1, 0.15) is 20.8 Å². The molecule has 0 aliphatic rings. The first-order valence-electron chi connectivity index (χ1n) is 7.62. The number of sulfonamides is 1. The smallest absolute Gasteiger partial charge is 0.240 e. The Balaban J connectivity index is 0.00000529. The third kappa shape index (κ3) is 9.05. The fraction of sp³-hybridized carbons (Fsp3) is 0.533. The molecule has 0 aliphatic heterocycles. The lowest BCUT2D eigenvalue weighted by Gasteiger charge is -2.12. The molecule has 0 fully saturated rings. The average molecular weight is 489 g/mol. The van der Waals surface area contributed by atoms with Gasteiger partial charge in [0, 0.05) is 31.2 Å². The van der Waals surface area contributed by atoms with Crippen molar-refractivity contribution in [3.05, 3.63) is 29.3 Å². The number of hydrogen-bond acceptors (Lipinski definition) is 3. The van der Waals surface area contributed by atoms with Crippen LogP contribution in [0, 0.1) is 5.92 Å². The zero-order chi connectivity index (χ0) is 17.3. The van der Waals surface area contributed by atoms with Gasteiger partial charge in [0.15, 0.2) is 5.96 Å². The van der Waals surface area contributed by atoms with Crippen molar-refractivity contribution in [1.82, 2.24) is 15.4 Å². The monoisotopic (exact) mass is 488 g/mol. The van der Waals surface area contributed by atoms with Gasteiger partial charge in [-0.2, -0.15) is 0 Å². The van der Waals surface area contributed by atoms with Gasteiger partial charge in [0.25, 0.3) is 0 Å². The average Bonchev–Trinajstić information content (AvgIpc) is 2.49. The predicted molar refractivity (Wildman–Crippen MR) is 111 cm³/mol. The third-order valence-corrected chi connectivity index (χ3v) is 4.47. The highest BCUT2D eigenvalue weighted by Gasteiger charge is 2.13. The fourth-order valence-electron chi connectivity index (χ4n) is 1.70. The highest BCUT2D eigenvalue weighted by atomic mass is 127. The van der Waals surface area contributed by atoms with Crippen LogP contribution in [0.15, 0.2) is 34.2 Å². The Kier molecular flexibility index (Phi) is 11.6. The minimum absolute atomic E-state index is 0. The molecule has 0 aliphatic carbocycles. The molecular formula is C15H26ClIN4O2S. The van der Waals surface area contributed by atoms with Crippen LogP contribution >= 0.6 is 35.6 Å². The molecule has 1 aromatic carbocycles. The summed E-state index contributed by atoms with van der Waals surface area (Å²) in [5, 5.41) is 6.61. The van der Waals surface area contributed by atoms with Gasteiger partial charge in [-0.15, -0.1) is 24.0 Å². The Morgan fingerprint density at radius 3 is 2.54 bits per heavy atom. The SMILES string of the molecule is CCNC(=NCC(C)C)NCCNS(=O)(=O)c1cccc(Cl)c1.I. The topological polar surface area (TPSA) is 82.6 Å². The number of nitrogens with zero attached hydrogens (tertiary/aromatic N) is 1. The van der Waals surface area contributed by atoms with Crippen LogP contribution in [0.2, 0.25) is 5.02 Å². The number of nitrogens with one attached hydrogen (secondary N) is 3. The van der Waals surface area contributed by atoms with E-state index < -0.39 is 10.0 Å². The van der Waals surface area contributed by atoms with E-state index in [1.54, 1.807) is 12.1 Å². The van der Waals surface area contributed by atoms with Gasteiger partial charge in [-0.1, -0.05) is 31.5 Å². The summed E-state index contributed by atoms with van der Waals surface area (Å²) >= 11 is 5.82. The van der Waals surface area contributed by atoms with Crippen molar-refractivity contribution in [1.29, 1.82) is 0 Å². The quantitative estimate of drug-likeness (QED) is 0.227. The van der Waals surface area contributed by atoms with E-state index in [0.29, 0.717) is 30.0 Å². The number of aliphatic imine (C=N–C) groups is 1. The zero-order valence-corrected chi connectivity index (χ0v) is 18.1. The van der Waals surface area contributed by atoms with Gasteiger partial charge in [0.1, 0.15) is 0 Å². The maximum atomic E-state index is 12.1. The molecule has 0 bridgehead atoms.